The molecule has 8 nitrogen and oxygen atoms in total. The first-order valence-electron chi connectivity index (χ1n) is 18.3. The number of esters is 2. The number of likely N-dealkylation sites (N-methyl/N-ethyl adjacent to an activating group) is 1. The van der Waals surface area contributed by atoms with E-state index in [2.05, 4.69) is 74.6 Å². The molecule has 0 bridgehead atoms. The topological polar surface area (TPSA) is 102 Å². The Morgan fingerprint density at radius 3 is 1.67 bits per heavy atom. The van der Waals surface area contributed by atoms with Gasteiger partial charge in [-0.25, -0.2) is 0 Å². The first-order chi connectivity index (χ1) is 23.1. The third kappa shape index (κ3) is 29.2. The number of allylic oxidation sites excluding steroid dienone is 10. The molecule has 2 atom stereocenters. The van der Waals surface area contributed by atoms with Crippen LogP contribution >= 0.6 is 0 Å². The molecule has 0 saturated carbocycles. The molecule has 0 aromatic rings. The Morgan fingerprint density at radius 1 is 0.625 bits per heavy atom. The van der Waals surface area contributed by atoms with E-state index >= 15 is 0 Å². The number of unbranched alkanes of at least 4 members (excludes halogenated alkanes) is 7. The van der Waals surface area contributed by atoms with Gasteiger partial charge in [-0.1, -0.05) is 93.9 Å². The van der Waals surface area contributed by atoms with Crippen molar-refractivity contribution in [3.8, 4) is 0 Å². The van der Waals surface area contributed by atoms with Crippen LogP contribution in [0.4, 0.5) is 0 Å². The molecule has 0 radical (unpaired) electrons. The average molecular weight is 674 g/mol. The first-order valence-corrected chi connectivity index (χ1v) is 18.3. The van der Waals surface area contributed by atoms with Gasteiger partial charge in [0.15, 0.2) is 6.10 Å². The molecule has 2 unspecified atom stereocenters. The van der Waals surface area contributed by atoms with Crippen LogP contribution in [0, 0.1) is 0 Å². The Labute approximate surface area is 292 Å². The zero-order valence-electron chi connectivity index (χ0n) is 30.9. The van der Waals surface area contributed by atoms with Gasteiger partial charge in [0.05, 0.1) is 40.3 Å². The zero-order chi connectivity index (χ0) is 35.7. The Morgan fingerprint density at radius 2 is 1.10 bits per heavy atom. The van der Waals surface area contributed by atoms with Gasteiger partial charge in [-0.05, 0) is 70.6 Å². The second-order valence-electron chi connectivity index (χ2n) is 13.0. The van der Waals surface area contributed by atoms with Crippen molar-refractivity contribution >= 4 is 17.9 Å². The number of rotatable bonds is 31. The second-order valence-corrected chi connectivity index (χ2v) is 13.0. The van der Waals surface area contributed by atoms with E-state index < -0.39 is 18.1 Å². The smallest absolute Gasteiger partial charge is 0.306 e. The summed E-state index contributed by atoms with van der Waals surface area (Å²) in [4.78, 5) is 36.6. The van der Waals surface area contributed by atoms with Crippen LogP contribution in [-0.4, -0.2) is 75.5 Å². The zero-order valence-corrected chi connectivity index (χ0v) is 30.9. The SMILES string of the molecule is CC/C=C/C/C=C/C/C=C/CCCCC(=O)OC(COCCC(C(=O)[O-])[N+](C)(C)C)COC(=O)CCCCCCC/C=C/C/C=C/CC. The highest BCUT2D eigenvalue weighted by Gasteiger charge is 2.25. The molecule has 0 aliphatic rings. The molecule has 0 aliphatic carbocycles. The molecule has 0 fully saturated rings. The van der Waals surface area contributed by atoms with Crippen LogP contribution in [0.2, 0.25) is 0 Å². The highest BCUT2D eigenvalue weighted by Crippen LogP contribution is 2.11. The first kappa shape index (κ1) is 45.0. The van der Waals surface area contributed by atoms with Crippen molar-refractivity contribution in [2.75, 3.05) is 41.0 Å². The van der Waals surface area contributed by atoms with Gasteiger partial charge in [-0.3, -0.25) is 9.59 Å². The molecule has 0 aliphatic heterocycles. The maximum Gasteiger partial charge on any atom is 0.306 e. The third-order valence-electron chi connectivity index (χ3n) is 7.65. The fourth-order valence-electron chi connectivity index (χ4n) is 4.83. The summed E-state index contributed by atoms with van der Waals surface area (Å²) in [5.41, 5.74) is 0. The lowest BCUT2D eigenvalue weighted by atomic mass is 10.1. The van der Waals surface area contributed by atoms with Gasteiger partial charge in [0.1, 0.15) is 12.6 Å². The number of carboxylic acids is 1. The minimum atomic E-state index is -1.14. The number of quaternary nitrogens is 1. The van der Waals surface area contributed by atoms with Crippen molar-refractivity contribution in [2.24, 2.45) is 0 Å². The lowest BCUT2D eigenvalue weighted by Gasteiger charge is -2.34. The van der Waals surface area contributed by atoms with Crippen molar-refractivity contribution in [3.05, 3.63) is 60.8 Å². The number of carbonyl (C=O) groups excluding carboxylic acids is 3. The maximum absolute atomic E-state index is 12.6. The molecule has 0 saturated heterocycles. The summed E-state index contributed by atoms with van der Waals surface area (Å²) in [7, 11) is 5.36. The van der Waals surface area contributed by atoms with Gasteiger partial charge in [-0.2, -0.15) is 0 Å². The maximum atomic E-state index is 12.6. The summed E-state index contributed by atoms with van der Waals surface area (Å²) < 4.78 is 17.0. The van der Waals surface area contributed by atoms with Crippen LogP contribution in [0.1, 0.15) is 123 Å². The predicted molar refractivity (Wildman–Crippen MR) is 194 cm³/mol. The standard InChI is InChI=1S/C40H67NO7/c1-6-8-10-12-14-16-18-20-22-24-26-28-30-38(42)47-35-36(34-46-33-32-37(40(44)45)41(3,4)5)48-39(43)31-29-27-25-23-21-19-17-15-13-11-9-7-2/h8-11,14-17,21,23,36-37H,6-7,12-13,18-20,22,24-35H2,1-5H3/b10-8+,11-9+,16-14+,17-15+,23-21+. The number of hydrogen-bond donors (Lipinski definition) is 0. The van der Waals surface area contributed by atoms with E-state index in [4.69, 9.17) is 14.2 Å². The molecule has 0 N–H and O–H groups in total. The normalized spacial score (nSPS) is 13.8. The number of carboxylic acid groups (broad SMARTS) is 1. The number of aliphatic carboxylic acids is 1. The number of hydrogen-bond acceptors (Lipinski definition) is 7. The van der Waals surface area contributed by atoms with Gasteiger partial charge in [0.25, 0.3) is 0 Å². The minimum absolute atomic E-state index is 0.0176. The highest BCUT2D eigenvalue weighted by atomic mass is 16.6. The van der Waals surface area contributed by atoms with Crippen molar-refractivity contribution in [3.63, 3.8) is 0 Å². The van der Waals surface area contributed by atoms with E-state index in [0.29, 0.717) is 12.8 Å². The van der Waals surface area contributed by atoms with Crippen LogP contribution < -0.4 is 5.11 Å². The largest absolute Gasteiger partial charge is 0.544 e. The van der Waals surface area contributed by atoms with E-state index in [1.165, 1.54) is 0 Å². The molecule has 0 amide bonds. The molecule has 0 aromatic carbocycles. The monoisotopic (exact) mass is 673 g/mol. The summed E-state index contributed by atoms with van der Waals surface area (Å²) in [6.07, 6.45) is 35.4. The molecule has 0 spiro atoms. The lowest BCUT2D eigenvalue weighted by Crippen LogP contribution is -2.55. The fraction of sp³-hybridized carbons (Fsp3) is 0.675. The van der Waals surface area contributed by atoms with E-state index in [9.17, 15) is 19.5 Å². The Bertz CT molecular complexity index is 975. The van der Waals surface area contributed by atoms with Crippen LogP contribution in [0.25, 0.3) is 0 Å². The van der Waals surface area contributed by atoms with Gasteiger partial charge in [0.2, 0.25) is 0 Å². The average Bonchev–Trinajstić information content (AvgIpc) is 3.03. The minimum Gasteiger partial charge on any atom is -0.544 e. The molecule has 0 heterocycles. The van der Waals surface area contributed by atoms with Crippen molar-refractivity contribution < 1.29 is 38.2 Å². The van der Waals surface area contributed by atoms with Crippen LogP contribution in [-0.2, 0) is 28.6 Å². The number of ether oxygens (including phenoxy) is 3. The lowest BCUT2D eigenvalue weighted by molar-refractivity contribution is -0.889. The predicted octanol–water partition coefficient (Wildman–Crippen LogP) is 7.74. The Balaban J connectivity index is 4.54. The molecule has 0 rings (SSSR count). The number of carbonyl (C=O) groups is 3. The quantitative estimate of drug-likeness (QED) is 0.0321. The van der Waals surface area contributed by atoms with E-state index in [1.807, 2.05) is 0 Å². The second kappa shape index (κ2) is 31.3. The van der Waals surface area contributed by atoms with Gasteiger partial charge in [0, 0.05) is 19.3 Å². The summed E-state index contributed by atoms with van der Waals surface area (Å²) >= 11 is 0. The van der Waals surface area contributed by atoms with E-state index in [0.717, 1.165) is 83.5 Å². The Hall–Kier alpha value is -2.97. The molecule has 8 heteroatoms. The summed E-state index contributed by atoms with van der Waals surface area (Å²) in [5, 5.41) is 11.6. The summed E-state index contributed by atoms with van der Waals surface area (Å²) in [6.45, 7) is 4.34. The van der Waals surface area contributed by atoms with Crippen LogP contribution in [0.3, 0.4) is 0 Å². The molecular weight excluding hydrogens is 606 g/mol. The van der Waals surface area contributed by atoms with Gasteiger partial charge < -0.3 is 28.6 Å². The highest BCUT2D eigenvalue weighted by molar-refractivity contribution is 5.70. The summed E-state index contributed by atoms with van der Waals surface area (Å²) in [5.74, 6) is -1.82. The molecule has 274 valence electrons. The molecule has 48 heavy (non-hydrogen) atoms. The van der Waals surface area contributed by atoms with Crippen molar-refractivity contribution in [1.29, 1.82) is 0 Å². The third-order valence-corrected chi connectivity index (χ3v) is 7.65. The van der Waals surface area contributed by atoms with E-state index in [1.54, 1.807) is 21.1 Å². The van der Waals surface area contributed by atoms with Crippen molar-refractivity contribution in [1.82, 2.24) is 0 Å². The van der Waals surface area contributed by atoms with Crippen molar-refractivity contribution in [2.45, 2.75) is 135 Å². The molecular formula is C40H67NO7. The van der Waals surface area contributed by atoms with E-state index in [-0.39, 0.29) is 49.1 Å². The van der Waals surface area contributed by atoms with Crippen LogP contribution in [0.5, 0.6) is 0 Å². The molecule has 0 aromatic heterocycles. The Kier molecular flexibility index (Phi) is 29.4. The van der Waals surface area contributed by atoms with Gasteiger partial charge in [-0.15, -0.1) is 0 Å². The summed E-state index contributed by atoms with van der Waals surface area (Å²) in [6, 6.07) is -0.735. The van der Waals surface area contributed by atoms with Crippen LogP contribution in [0.15, 0.2) is 60.8 Å². The fourth-order valence-corrected chi connectivity index (χ4v) is 4.83. The van der Waals surface area contributed by atoms with Gasteiger partial charge >= 0.3 is 11.9 Å². The number of nitrogens with zero attached hydrogens (tertiary/aromatic N) is 1.